The molecule has 0 saturated carbocycles. The SMILES string of the molecule is CC1Cc2ccccc2N1C(=O)c1cnc(N2CCCCC2)nc1. The molecule has 2 aliphatic heterocycles. The van der Waals surface area contributed by atoms with Crippen LogP contribution in [0.3, 0.4) is 0 Å². The van der Waals surface area contributed by atoms with Gasteiger partial charge in [0.05, 0.1) is 5.56 Å². The van der Waals surface area contributed by atoms with Crippen molar-refractivity contribution in [1.82, 2.24) is 9.97 Å². The summed E-state index contributed by atoms with van der Waals surface area (Å²) >= 11 is 0. The molecule has 1 unspecified atom stereocenters. The Morgan fingerprint density at radius 3 is 2.54 bits per heavy atom. The molecule has 1 saturated heterocycles. The predicted octanol–water partition coefficient (Wildman–Crippen LogP) is 3.06. The molecule has 5 heteroatoms. The Balaban J connectivity index is 1.56. The molecule has 0 radical (unpaired) electrons. The molecule has 0 aliphatic carbocycles. The van der Waals surface area contributed by atoms with Crippen molar-refractivity contribution in [3.05, 3.63) is 47.8 Å². The summed E-state index contributed by atoms with van der Waals surface area (Å²) in [5.74, 6) is 0.721. The first kappa shape index (κ1) is 15.1. The van der Waals surface area contributed by atoms with Crippen molar-refractivity contribution >= 4 is 17.5 Å². The number of fused-ring (bicyclic) bond motifs is 1. The summed E-state index contributed by atoms with van der Waals surface area (Å²) in [6.45, 7) is 4.09. The lowest BCUT2D eigenvalue weighted by Gasteiger charge is -2.27. The first-order valence-electron chi connectivity index (χ1n) is 8.72. The van der Waals surface area contributed by atoms with Crippen LogP contribution in [0.4, 0.5) is 11.6 Å². The fraction of sp³-hybridized carbons (Fsp3) is 0.421. The number of nitrogens with zero attached hydrogens (tertiary/aromatic N) is 4. The highest BCUT2D eigenvalue weighted by molar-refractivity contribution is 6.07. The number of piperidine rings is 1. The number of rotatable bonds is 2. The van der Waals surface area contributed by atoms with E-state index in [0.717, 1.165) is 31.1 Å². The van der Waals surface area contributed by atoms with Gasteiger partial charge in [0, 0.05) is 37.2 Å². The first-order chi connectivity index (χ1) is 11.7. The van der Waals surface area contributed by atoms with E-state index < -0.39 is 0 Å². The molecule has 24 heavy (non-hydrogen) atoms. The van der Waals surface area contributed by atoms with Crippen LogP contribution >= 0.6 is 0 Å². The molecular weight excluding hydrogens is 300 g/mol. The van der Waals surface area contributed by atoms with Crippen LogP contribution in [-0.4, -0.2) is 35.0 Å². The molecule has 1 aromatic heterocycles. The van der Waals surface area contributed by atoms with Gasteiger partial charge in [0.1, 0.15) is 0 Å². The van der Waals surface area contributed by atoms with Crippen LogP contribution in [0.5, 0.6) is 0 Å². The minimum absolute atomic E-state index is 0.0161. The number of benzene rings is 1. The normalized spacial score (nSPS) is 20.1. The van der Waals surface area contributed by atoms with Gasteiger partial charge in [0.15, 0.2) is 0 Å². The van der Waals surface area contributed by atoms with Gasteiger partial charge in [0.2, 0.25) is 5.95 Å². The van der Waals surface area contributed by atoms with Crippen molar-refractivity contribution in [1.29, 1.82) is 0 Å². The number of carbonyl (C=O) groups is 1. The van der Waals surface area contributed by atoms with Crippen LogP contribution in [0.15, 0.2) is 36.7 Å². The number of amides is 1. The van der Waals surface area contributed by atoms with Gasteiger partial charge in [0.25, 0.3) is 5.91 Å². The number of aromatic nitrogens is 2. The predicted molar refractivity (Wildman–Crippen MR) is 94.5 cm³/mol. The summed E-state index contributed by atoms with van der Waals surface area (Å²) in [6.07, 6.45) is 7.89. The lowest BCUT2D eigenvalue weighted by atomic mass is 10.1. The summed E-state index contributed by atoms with van der Waals surface area (Å²) in [6, 6.07) is 8.27. The minimum Gasteiger partial charge on any atom is -0.341 e. The molecule has 4 rings (SSSR count). The van der Waals surface area contributed by atoms with Gasteiger partial charge >= 0.3 is 0 Å². The Morgan fingerprint density at radius 1 is 1.08 bits per heavy atom. The smallest absolute Gasteiger partial charge is 0.261 e. The van der Waals surface area contributed by atoms with Crippen molar-refractivity contribution in [3.63, 3.8) is 0 Å². The fourth-order valence-electron chi connectivity index (χ4n) is 3.70. The van der Waals surface area contributed by atoms with Gasteiger partial charge in [-0.25, -0.2) is 9.97 Å². The van der Waals surface area contributed by atoms with Crippen LogP contribution in [0.2, 0.25) is 0 Å². The standard InChI is InChI=1S/C19H22N4O/c1-14-11-15-7-3-4-8-17(15)23(14)18(24)16-12-20-19(21-13-16)22-9-5-2-6-10-22/h3-4,7-8,12-14H,2,5-6,9-11H2,1H3. The molecule has 2 aliphatic rings. The van der Waals surface area contributed by atoms with Crippen molar-refractivity contribution in [2.75, 3.05) is 22.9 Å². The number of hydrogen-bond donors (Lipinski definition) is 0. The highest BCUT2D eigenvalue weighted by Gasteiger charge is 2.31. The van der Waals surface area contributed by atoms with Crippen LogP contribution in [0.1, 0.15) is 42.1 Å². The van der Waals surface area contributed by atoms with E-state index in [1.807, 2.05) is 23.1 Å². The topological polar surface area (TPSA) is 49.3 Å². The summed E-state index contributed by atoms with van der Waals surface area (Å²) in [5.41, 5.74) is 2.79. The van der Waals surface area contributed by atoms with Crippen molar-refractivity contribution in [3.8, 4) is 0 Å². The van der Waals surface area contributed by atoms with Crippen molar-refractivity contribution in [2.24, 2.45) is 0 Å². The Hall–Kier alpha value is -2.43. The maximum Gasteiger partial charge on any atom is 0.261 e. The van der Waals surface area contributed by atoms with Gasteiger partial charge in [-0.05, 0) is 44.2 Å². The van der Waals surface area contributed by atoms with Crippen LogP contribution in [0.25, 0.3) is 0 Å². The second-order valence-electron chi connectivity index (χ2n) is 6.68. The molecule has 1 fully saturated rings. The lowest BCUT2D eigenvalue weighted by molar-refractivity contribution is 0.0981. The number of hydrogen-bond acceptors (Lipinski definition) is 4. The summed E-state index contributed by atoms with van der Waals surface area (Å²) < 4.78 is 0. The van der Waals surface area contributed by atoms with Crippen molar-refractivity contribution in [2.45, 2.75) is 38.6 Å². The maximum atomic E-state index is 12.9. The zero-order chi connectivity index (χ0) is 16.5. The third-order valence-corrected chi connectivity index (χ3v) is 4.95. The minimum atomic E-state index is -0.0161. The molecule has 1 amide bonds. The summed E-state index contributed by atoms with van der Waals surface area (Å²) in [5, 5.41) is 0. The van der Waals surface area contributed by atoms with Gasteiger partial charge in [-0.1, -0.05) is 18.2 Å². The highest BCUT2D eigenvalue weighted by atomic mass is 16.2. The molecule has 0 spiro atoms. The quantitative estimate of drug-likeness (QED) is 0.852. The highest BCUT2D eigenvalue weighted by Crippen LogP contribution is 2.33. The molecule has 1 atom stereocenters. The van der Waals surface area contributed by atoms with Gasteiger partial charge < -0.3 is 9.80 Å². The molecule has 3 heterocycles. The van der Waals surface area contributed by atoms with Gasteiger partial charge in [-0.15, -0.1) is 0 Å². The monoisotopic (exact) mass is 322 g/mol. The van der Waals surface area contributed by atoms with Crippen LogP contribution < -0.4 is 9.80 Å². The number of anilines is 2. The second kappa shape index (κ2) is 6.23. The number of carbonyl (C=O) groups excluding carboxylic acids is 1. The molecule has 5 nitrogen and oxygen atoms in total. The van der Waals surface area contributed by atoms with E-state index in [1.165, 1.54) is 24.8 Å². The summed E-state index contributed by atoms with van der Waals surface area (Å²) in [7, 11) is 0. The first-order valence-corrected chi connectivity index (χ1v) is 8.72. The van der Waals surface area contributed by atoms with E-state index >= 15 is 0 Å². The summed E-state index contributed by atoms with van der Waals surface area (Å²) in [4.78, 5) is 25.9. The Kier molecular flexibility index (Phi) is 3.92. The second-order valence-corrected chi connectivity index (χ2v) is 6.68. The van der Waals surface area contributed by atoms with E-state index in [1.54, 1.807) is 12.4 Å². The van der Waals surface area contributed by atoms with E-state index in [-0.39, 0.29) is 11.9 Å². The zero-order valence-corrected chi connectivity index (χ0v) is 14.0. The third kappa shape index (κ3) is 2.64. The Morgan fingerprint density at radius 2 is 1.79 bits per heavy atom. The van der Waals surface area contributed by atoms with E-state index in [0.29, 0.717) is 5.56 Å². The molecule has 0 N–H and O–H groups in total. The average Bonchev–Trinajstić information content (AvgIpc) is 2.98. The lowest BCUT2D eigenvalue weighted by Crippen LogP contribution is -2.36. The zero-order valence-electron chi connectivity index (χ0n) is 14.0. The molecule has 1 aromatic carbocycles. The average molecular weight is 322 g/mol. The van der Waals surface area contributed by atoms with Crippen molar-refractivity contribution < 1.29 is 4.79 Å². The van der Waals surface area contributed by atoms with E-state index in [4.69, 9.17) is 0 Å². The van der Waals surface area contributed by atoms with E-state index in [2.05, 4.69) is 27.9 Å². The molecule has 0 bridgehead atoms. The third-order valence-electron chi connectivity index (χ3n) is 4.95. The van der Waals surface area contributed by atoms with E-state index in [9.17, 15) is 4.79 Å². The molecule has 124 valence electrons. The van der Waals surface area contributed by atoms with Crippen LogP contribution in [-0.2, 0) is 6.42 Å². The molecular formula is C19H22N4O. The Bertz CT molecular complexity index is 737. The Labute approximate surface area is 142 Å². The fourth-order valence-corrected chi connectivity index (χ4v) is 3.70. The van der Waals surface area contributed by atoms with Gasteiger partial charge in [-0.3, -0.25) is 4.79 Å². The maximum absolute atomic E-state index is 12.9. The van der Waals surface area contributed by atoms with Gasteiger partial charge in [-0.2, -0.15) is 0 Å². The van der Waals surface area contributed by atoms with Crippen LogP contribution in [0, 0.1) is 0 Å². The molecule has 2 aromatic rings. The largest absolute Gasteiger partial charge is 0.341 e. The number of para-hydroxylation sites is 1.